The fourth-order valence-electron chi connectivity index (χ4n) is 2.40. The lowest BCUT2D eigenvalue weighted by atomic mass is 9.80. The van der Waals surface area contributed by atoms with E-state index in [1.54, 1.807) is 0 Å². The third kappa shape index (κ3) is 2.27. The van der Waals surface area contributed by atoms with Gasteiger partial charge in [-0.25, -0.2) is 0 Å². The first-order valence-corrected chi connectivity index (χ1v) is 5.74. The van der Waals surface area contributed by atoms with Crippen LogP contribution in [0.1, 0.15) is 25.7 Å². The molecule has 0 atom stereocenters. The molecule has 1 aliphatic heterocycles. The molecule has 0 unspecified atom stereocenters. The summed E-state index contributed by atoms with van der Waals surface area (Å²) < 4.78 is 5.41. The van der Waals surface area contributed by atoms with Crippen LogP contribution in [-0.4, -0.2) is 44.3 Å². The third-order valence-corrected chi connectivity index (χ3v) is 3.74. The van der Waals surface area contributed by atoms with Crippen molar-refractivity contribution in [3.63, 3.8) is 0 Å². The predicted molar refractivity (Wildman–Crippen MR) is 57.2 cm³/mol. The van der Waals surface area contributed by atoms with E-state index in [2.05, 4.69) is 11.9 Å². The van der Waals surface area contributed by atoms with Gasteiger partial charge in [0, 0.05) is 25.8 Å². The average molecular weight is 198 g/mol. The van der Waals surface area contributed by atoms with E-state index in [9.17, 15) is 0 Å². The molecule has 2 aliphatic rings. The Balaban J connectivity index is 1.89. The second kappa shape index (κ2) is 4.17. The molecule has 82 valence electrons. The highest BCUT2D eigenvalue weighted by molar-refractivity contribution is 4.90. The topological polar surface area (TPSA) is 38.5 Å². The first-order valence-electron chi connectivity index (χ1n) is 5.74. The van der Waals surface area contributed by atoms with Gasteiger partial charge in [0.15, 0.2) is 0 Å². The monoisotopic (exact) mass is 198 g/mol. The molecule has 0 bridgehead atoms. The molecular weight excluding hydrogens is 176 g/mol. The van der Waals surface area contributed by atoms with Gasteiger partial charge in [0.2, 0.25) is 0 Å². The molecule has 1 aliphatic carbocycles. The lowest BCUT2D eigenvalue weighted by Gasteiger charge is -2.39. The maximum atomic E-state index is 5.92. The van der Waals surface area contributed by atoms with E-state index in [-0.39, 0.29) is 0 Å². The maximum Gasteiger partial charge on any atom is 0.0472 e. The van der Waals surface area contributed by atoms with Crippen LogP contribution in [-0.2, 0) is 4.74 Å². The summed E-state index contributed by atoms with van der Waals surface area (Å²) in [6.45, 7) is 3.77. The van der Waals surface area contributed by atoms with Crippen LogP contribution in [0.25, 0.3) is 0 Å². The molecule has 0 amide bonds. The quantitative estimate of drug-likeness (QED) is 0.727. The van der Waals surface area contributed by atoms with Gasteiger partial charge in [-0.1, -0.05) is 0 Å². The second-order valence-corrected chi connectivity index (χ2v) is 4.96. The Morgan fingerprint density at radius 2 is 2.00 bits per heavy atom. The van der Waals surface area contributed by atoms with Crippen LogP contribution in [0.5, 0.6) is 0 Å². The fraction of sp³-hybridized carbons (Fsp3) is 1.00. The molecule has 0 spiro atoms. The molecule has 0 radical (unpaired) electrons. The fourth-order valence-corrected chi connectivity index (χ4v) is 2.40. The van der Waals surface area contributed by atoms with E-state index < -0.39 is 0 Å². The summed E-state index contributed by atoms with van der Waals surface area (Å²) in [7, 11) is 2.24. The highest BCUT2D eigenvalue weighted by atomic mass is 16.5. The molecule has 2 rings (SSSR count). The molecule has 3 nitrogen and oxygen atoms in total. The Morgan fingerprint density at radius 1 is 1.36 bits per heavy atom. The largest absolute Gasteiger partial charge is 0.381 e. The average Bonchev–Trinajstić information content (AvgIpc) is 3.02. The zero-order valence-corrected chi connectivity index (χ0v) is 9.17. The Labute approximate surface area is 86.6 Å². The van der Waals surface area contributed by atoms with Gasteiger partial charge in [0.25, 0.3) is 0 Å². The summed E-state index contributed by atoms with van der Waals surface area (Å²) in [6.07, 6.45) is 5.04. The van der Waals surface area contributed by atoms with Crippen molar-refractivity contribution >= 4 is 0 Å². The van der Waals surface area contributed by atoms with Gasteiger partial charge in [-0.15, -0.1) is 0 Å². The van der Waals surface area contributed by atoms with Crippen molar-refractivity contribution in [3.8, 4) is 0 Å². The van der Waals surface area contributed by atoms with Gasteiger partial charge in [-0.05, 0) is 44.7 Å². The highest BCUT2D eigenvalue weighted by Gasteiger charge is 2.36. The number of ether oxygens (including phenoxy) is 1. The van der Waals surface area contributed by atoms with Crippen LogP contribution in [0, 0.1) is 5.41 Å². The minimum Gasteiger partial charge on any atom is -0.381 e. The summed E-state index contributed by atoms with van der Waals surface area (Å²) >= 11 is 0. The molecule has 0 aromatic rings. The van der Waals surface area contributed by atoms with Crippen LogP contribution in [0.4, 0.5) is 0 Å². The smallest absolute Gasteiger partial charge is 0.0472 e. The van der Waals surface area contributed by atoms with E-state index in [4.69, 9.17) is 10.5 Å². The minimum absolute atomic E-state index is 0.343. The number of hydrogen-bond acceptors (Lipinski definition) is 3. The van der Waals surface area contributed by atoms with E-state index in [1.807, 2.05) is 0 Å². The normalized spacial score (nSPS) is 26.8. The number of rotatable bonds is 4. The molecule has 0 aromatic carbocycles. The van der Waals surface area contributed by atoms with Crippen LogP contribution in [0.3, 0.4) is 0 Å². The van der Waals surface area contributed by atoms with E-state index in [0.717, 1.165) is 45.2 Å². The Kier molecular flexibility index (Phi) is 3.10. The molecule has 2 fully saturated rings. The Hall–Kier alpha value is -0.120. The van der Waals surface area contributed by atoms with Crippen LogP contribution < -0.4 is 5.73 Å². The molecule has 1 heterocycles. The number of nitrogens with two attached hydrogens (primary N) is 1. The minimum atomic E-state index is 0.343. The molecular formula is C11H22N2O. The van der Waals surface area contributed by atoms with Crippen molar-refractivity contribution in [1.82, 2.24) is 4.90 Å². The molecule has 14 heavy (non-hydrogen) atoms. The zero-order valence-electron chi connectivity index (χ0n) is 9.17. The van der Waals surface area contributed by atoms with Crippen LogP contribution in [0.2, 0.25) is 0 Å². The molecule has 3 heteroatoms. The van der Waals surface area contributed by atoms with E-state index in [1.165, 1.54) is 12.8 Å². The summed E-state index contributed by atoms with van der Waals surface area (Å²) in [5.74, 6) is 0. The van der Waals surface area contributed by atoms with Crippen molar-refractivity contribution in [2.75, 3.05) is 33.4 Å². The van der Waals surface area contributed by atoms with Gasteiger partial charge in [-0.2, -0.15) is 0 Å². The molecule has 1 saturated heterocycles. The molecule has 2 N–H and O–H groups in total. The van der Waals surface area contributed by atoms with Crippen LogP contribution >= 0.6 is 0 Å². The van der Waals surface area contributed by atoms with Crippen molar-refractivity contribution < 1.29 is 4.74 Å². The summed E-state index contributed by atoms with van der Waals surface area (Å²) in [4.78, 5) is 2.50. The summed E-state index contributed by atoms with van der Waals surface area (Å²) in [6, 6.07) is 0.848. The van der Waals surface area contributed by atoms with Gasteiger partial charge in [-0.3, -0.25) is 0 Å². The first kappa shape index (κ1) is 10.4. The summed E-state index contributed by atoms with van der Waals surface area (Å²) in [5, 5.41) is 0. The second-order valence-electron chi connectivity index (χ2n) is 4.96. The zero-order chi connectivity index (χ0) is 10.0. The lowest BCUT2D eigenvalue weighted by Crippen LogP contribution is -2.45. The van der Waals surface area contributed by atoms with Gasteiger partial charge in [0.05, 0.1) is 0 Å². The van der Waals surface area contributed by atoms with Gasteiger partial charge >= 0.3 is 0 Å². The van der Waals surface area contributed by atoms with Crippen molar-refractivity contribution in [2.24, 2.45) is 11.1 Å². The Morgan fingerprint density at radius 3 is 2.50 bits per heavy atom. The van der Waals surface area contributed by atoms with Gasteiger partial charge < -0.3 is 15.4 Å². The number of hydrogen-bond donors (Lipinski definition) is 1. The molecule has 0 aromatic heterocycles. The van der Waals surface area contributed by atoms with Crippen LogP contribution in [0.15, 0.2) is 0 Å². The van der Waals surface area contributed by atoms with Crippen molar-refractivity contribution in [1.29, 1.82) is 0 Å². The highest BCUT2D eigenvalue weighted by Crippen LogP contribution is 2.34. The van der Waals surface area contributed by atoms with Gasteiger partial charge in [0.1, 0.15) is 0 Å². The van der Waals surface area contributed by atoms with E-state index >= 15 is 0 Å². The Bertz CT molecular complexity index is 186. The van der Waals surface area contributed by atoms with Crippen molar-refractivity contribution in [3.05, 3.63) is 0 Å². The predicted octanol–water partition coefficient (Wildman–Crippen LogP) is 0.836. The SMILES string of the molecule is CN(CC1(CN)CCOCC1)C1CC1. The third-order valence-electron chi connectivity index (χ3n) is 3.74. The van der Waals surface area contributed by atoms with E-state index in [0.29, 0.717) is 5.41 Å². The molecule has 1 saturated carbocycles. The van der Waals surface area contributed by atoms with Crippen molar-refractivity contribution in [2.45, 2.75) is 31.7 Å². The standard InChI is InChI=1S/C11H22N2O/c1-13(10-2-3-10)9-11(8-12)4-6-14-7-5-11/h10H,2-9,12H2,1H3. The maximum absolute atomic E-state index is 5.92. The first-order chi connectivity index (χ1) is 6.76. The lowest BCUT2D eigenvalue weighted by molar-refractivity contribution is 0.00261. The number of nitrogens with zero attached hydrogens (tertiary/aromatic N) is 1. The summed E-state index contributed by atoms with van der Waals surface area (Å²) in [5.41, 5.74) is 6.27.